The number of halogens is 3. The Balaban J connectivity index is 1.87. The standard InChI is InChI=1S/C23H16FI2NO/c1-15-5-4-6-16(9-15)14-28-23-21(25)11-17(12-22(23)26)10-18(13-27)19-7-2-3-8-20(19)24/h2-12H,14H2,1H3/b18-10-. The van der Waals surface area contributed by atoms with E-state index in [0.29, 0.717) is 12.2 Å². The van der Waals surface area contributed by atoms with Crippen molar-refractivity contribution in [2.75, 3.05) is 0 Å². The summed E-state index contributed by atoms with van der Waals surface area (Å²) in [6.07, 6.45) is 1.70. The smallest absolute Gasteiger partial charge is 0.146 e. The molecule has 0 saturated carbocycles. The van der Waals surface area contributed by atoms with Crippen molar-refractivity contribution in [3.05, 3.63) is 95.9 Å². The average Bonchev–Trinajstić information content (AvgIpc) is 2.66. The summed E-state index contributed by atoms with van der Waals surface area (Å²) in [5.41, 5.74) is 3.73. The molecule has 0 amide bonds. The van der Waals surface area contributed by atoms with E-state index >= 15 is 0 Å². The number of allylic oxidation sites excluding steroid dienone is 1. The second kappa shape index (κ2) is 9.52. The van der Waals surface area contributed by atoms with Gasteiger partial charge in [0.2, 0.25) is 0 Å². The van der Waals surface area contributed by atoms with E-state index in [9.17, 15) is 9.65 Å². The third kappa shape index (κ3) is 5.11. The lowest BCUT2D eigenvalue weighted by Crippen LogP contribution is -2.00. The topological polar surface area (TPSA) is 33.0 Å². The van der Waals surface area contributed by atoms with Gasteiger partial charge >= 0.3 is 0 Å². The molecule has 0 aliphatic rings. The summed E-state index contributed by atoms with van der Waals surface area (Å²) in [6.45, 7) is 2.54. The molecular formula is C23H16FI2NO. The van der Waals surface area contributed by atoms with Gasteiger partial charge in [-0.15, -0.1) is 0 Å². The summed E-state index contributed by atoms with van der Waals surface area (Å²) >= 11 is 4.45. The van der Waals surface area contributed by atoms with Gasteiger partial charge in [0.05, 0.1) is 18.8 Å². The normalized spacial score (nSPS) is 11.2. The van der Waals surface area contributed by atoms with Crippen molar-refractivity contribution in [2.45, 2.75) is 13.5 Å². The molecule has 0 atom stereocenters. The predicted octanol–water partition coefficient (Wildman–Crippen LogP) is 6.99. The van der Waals surface area contributed by atoms with Crippen LogP contribution in [0.5, 0.6) is 5.75 Å². The first kappa shape index (κ1) is 20.8. The maximum atomic E-state index is 14.0. The van der Waals surface area contributed by atoms with Crippen LogP contribution < -0.4 is 4.74 Å². The second-order valence-corrected chi connectivity index (χ2v) is 8.57. The van der Waals surface area contributed by atoms with Gasteiger partial charge in [0.1, 0.15) is 18.2 Å². The van der Waals surface area contributed by atoms with Gasteiger partial charge in [-0.3, -0.25) is 0 Å². The largest absolute Gasteiger partial charge is 0.487 e. The number of rotatable bonds is 5. The van der Waals surface area contributed by atoms with E-state index in [2.05, 4.69) is 70.3 Å². The van der Waals surface area contributed by atoms with Crippen LogP contribution in [0.2, 0.25) is 0 Å². The molecule has 0 fully saturated rings. The summed E-state index contributed by atoms with van der Waals surface area (Å²) < 4.78 is 21.9. The molecule has 3 aromatic rings. The number of hydrogen-bond acceptors (Lipinski definition) is 2. The van der Waals surface area contributed by atoms with E-state index in [1.54, 1.807) is 24.3 Å². The molecule has 0 aromatic heterocycles. The first-order valence-electron chi connectivity index (χ1n) is 8.52. The minimum atomic E-state index is -0.405. The summed E-state index contributed by atoms with van der Waals surface area (Å²) in [7, 11) is 0. The maximum absolute atomic E-state index is 14.0. The van der Waals surface area contributed by atoms with Crippen molar-refractivity contribution in [2.24, 2.45) is 0 Å². The van der Waals surface area contributed by atoms with Gasteiger partial charge in [0.15, 0.2) is 0 Å². The van der Waals surface area contributed by atoms with Crippen LogP contribution in [-0.4, -0.2) is 0 Å². The minimum Gasteiger partial charge on any atom is -0.487 e. The highest BCUT2D eigenvalue weighted by molar-refractivity contribution is 14.1. The van der Waals surface area contributed by atoms with Crippen LogP contribution in [0, 0.1) is 31.2 Å². The van der Waals surface area contributed by atoms with Crippen LogP contribution in [0.25, 0.3) is 11.6 Å². The van der Waals surface area contributed by atoms with Gasteiger partial charge < -0.3 is 4.74 Å². The first-order valence-corrected chi connectivity index (χ1v) is 10.7. The lowest BCUT2D eigenvalue weighted by atomic mass is 10.0. The van der Waals surface area contributed by atoms with Crippen LogP contribution >= 0.6 is 45.2 Å². The molecule has 0 aliphatic carbocycles. The fourth-order valence-electron chi connectivity index (χ4n) is 2.77. The number of benzene rings is 3. The molecule has 0 heterocycles. The van der Waals surface area contributed by atoms with Crippen LogP contribution in [0.3, 0.4) is 0 Å². The zero-order valence-corrected chi connectivity index (χ0v) is 19.4. The van der Waals surface area contributed by atoms with Crippen LogP contribution in [0.4, 0.5) is 4.39 Å². The fourth-order valence-corrected chi connectivity index (χ4v) is 4.90. The minimum absolute atomic E-state index is 0.290. The lowest BCUT2D eigenvalue weighted by molar-refractivity contribution is 0.301. The van der Waals surface area contributed by atoms with Gasteiger partial charge in [-0.1, -0.05) is 48.0 Å². The third-order valence-corrected chi connectivity index (χ3v) is 5.68. The fraction of sp³-hybridized carbons (Fsp3) is 0.0870. The lowest BCUT2D eigenvalue weighted by Gasteiger charge is -2.12. The van der Waals surface area contributed by atoms with E-state index in [1.807, 2.05) is 24.3 Å². The van der Waals surface area contributed by atoms with Crippen molar-refractivity contribution >= 4 is 56.8 Å². The molecule has 3 aromatic carbocycles. The number of nitriles is 1. The van der Waals surface area contributed by atoms with Crippen molar-refractivity contribution in [3.63, 3.8) is 0 Å². The predicted molar refractivity (Wildman–Crippen MR) is 127 cm³/mol. The molecule has 0 aliphatic heterocycles. The molecule has 0 spiro atoms. The highest BCUT2D eigenvalue weighted by Gasteiger charge is 2.11. The first-order chi connectivity index (χ1) is 13.5. The quantitative estimate of drug-likeness (QED) is 0.181. The van der Waals surface area contributed by atoms with Gasteiger partial charge in [0.25, 0.3) is 0 Å². The monoisotopic (exact) mass is 595 g/mol. The molecule has 28 heavy (non-hydrogen) atoms. The number of ether oxygens (including phenoxy) is 1. The van der Waals surface area contributed by atoms with Crippen molar-refractivity contribution in [1.29, 1.82) is 5.26 Å². The molecule has 0 saturated heterocycles. The SMILES string of the molecule is Cc1cccc(COc2c(I)cc(/C=C(/C#N)c3ccccc3F)cc2I)c1. The zero-order valence-electron chi connectivity index (χ0n) is 15.0. The van der Waals surface area contributed by atoms with E-state index in [1.165, 1.54) is 11.6 Å². The molecular weight excluding hydrogens is 579 g/mol. The third-order valence-electron chi connectivity index (χ3n) is 4.08. The Morgan fingerprint density at radius 1 is 1.07 bits per heavy atom. The Morgan fingerprint density at radius 3 is 2.43 bits per heavy atom. The van der Waals surface area contributed by atoms with Crippen LogP contribution in [0.15, 0.2) is 60.7 Å². The Kier molecular flexibility index (Phi) is 7.08. The highest BCUT2D eigenvalue weighted by Crippen LogP contribution is 2.31. The molecule has 140 valence electrons. The van der Waals surface area contributed by atoms with E-state index in [4.69, 9.17) is 4.74 Å². The van der Waals surface area contributed by atoms with Gasteiger partial charge in [-0.2, -0.15) is 5.26 Å². The molecule has 2 nitrogen and oxygen atoms in total. The Labute approximate surface area is 191 Å². The summed E-state index contributed by atoms with van der Waals surface area (Å²) in [4.78, 5) is 0. The van der Waals surface area contributed by atoms with E-state index < -0.39 is 5.82 Å². The Bertz CT molecular complexity index is 1060. The summed E-state index contributed by atoms with van der Waals surface area (Å²) in [5.74, 6) is 0.405. The zero-order chi connectivity index (χ0) is 20.1. The second-order valence-electron chi connectivity index (χ2n) is 6.24. The number of nitrogens with zero attached hydrogens (tertiary/aromatic N) is 1. The van der Waals surface area contributed by atoms with Crippen LogP contribution in [-0.2, 0) is 6.61 Å². The highest BCUT2D eigenvalue weighted by atomic mass is 127. The Hall–Kier alpha value is -1.92. The number of aryl methyl sites for hydroxylation is 1. The average molecular weight is 595 g/mol. The molecule has 5 heteroatoms. The van der Waals surface area contributed by atoms with Crippen molar-refractivity contribution in [1.82, 2.24) is 0 Å². The molecule has 0 radical (unpaired) electrons. The summed E-state index contributed by atoms with van der Waals surface area (Å²) in [6, 6.07) is 20.5. The molecule has 0 bridgehead atoms. The van der Waals surface area contributed by atoms with Gasteiger partial charge in [0, 0.05) is 5.56 Å². The van der Waals surface area contributed by atoms with Gasteiger partial charge in [-0.25, -0.2) is 4.39 Å². The van der Waals surface area contributed by atoms with Crippen molar-refractivity contribution < 1.29 is 9.13 Å². The van der Waals surface area contributed by atoms with E-state index in [0.717, 1.165) is 24.0 Å². The molecule has 3 rings (SSSR count). The maximum Gasteiger partial charge on any atom is 0.146 e. The summed E-state index contributed by atoms with van der Waals surface area (Å²) in [5, 5.41) is 9.48. The Morgan fingerprint density at radius 2 is 1.79 bits per heavy atom. The molecule has 0 N–H and O–H groups in total. The van der Waals surface area contributed by atoms with Gasteiger partial charge in [-0.05, 0) is 87.5 Å². The molecule has 0 unspecified atom stereocenters. The number of hydrogen-bond donors (Lipinski definition) is 0. The van der Waals surface area contributed by atoms with E-state index in [-0.39, 0.29) is 5.57 Å². The van der Waals surface area contributed by atoms with Crippen molar-refractivity contribution in [3.8, 4) is 11.8 Å². The van der Waals surface area contributed by atoms with Crippen LogP contribution in [0.1, 0.15) is 22.3 Å².